The third kappa shape index (κ3) is 4.90. The molecule has 1 heteroatoms. The molecule has 0 aliphatic heterocycles. The first-order valence-corrected chi connectivity index (χ1v) is 12.2. The summed E-state index contributed by atoms with van der Waals surface area (Å²) in [6.45, 7) is 6.81. The number of rotatable bonds is 5. The van der Waals surface area contributed by atoms with Gasteiger partial charge < -0.3 is 4.90 Å². The number of para-hydroxylation sites is 1. The van der Waals surface area contributed by atoms with Gasteiger partial charge in [0.25, 0.3) is 0 Å². The minimum Gasteiger partial charge on any atom is -0.336 e. The van der Waals surface area contributed by atoms with E-state index in [1.54, 1.807) is 0 Å². The molecule has 5 aromatic rings. The van der Waals surface area contributed by atoms with E-state index in [4.69, 9.17) is 0 Å². The minimum absolute atomic E-state index is 0.0976. The summed E-state index contributed by atoms with van der Waals surface area (Å²) in [4.78, 5) is 2.44. The summed E-state index contributed by atoms with van der Waals surface area (Å²) in [5.74, 6) is 0. The van der Waals surface area contributed by atoms with E-state index in [1.807, 2.05) is 0 Å². The second-order valence-corrected chi connectivity index (χ2v) is 9.88. The quantitative estimate of drug-likeness (QED) is 0.256. The third-order valence-corrected chi connectivity index (χ3v) is 6.33. The van der Waals surface area contributed by atoms with Gasteiger partial charge in [-0.15, -0.1) is 0 Å². The van der Waals surface area contributed by atoms with Crippen LogP contribution in [0.5, 0.6) is 0 Å². The molecule has 0 heterocycles. The van der Waals surface area contributed by atoms with Gasteiger partial charge in [0.1, 0.15) is 0 Å². The summed E-state index contributed by atoms with van der Waals surface area (Å²) in [5, 5.41) is 0. The molecule has 35 heavy (non-hydrogen) atoms. The molecule has 5 rings (SSSR count). The Hall–Kier alpha value is -4.10. The number of hydrogen-bond donors (Lipinski definition) is 0. The van der Waals surface area contributed by atoms with Crippen molar-refractivity contribution in [3.05, 3.63) is 133 Å². The largest absolute Gasteiger partial charge is 0.336 e. The van der Waals surface area contributed by atoms with E-state index in [-0.39, 0.29) is 5.54 Å². The molecule has 172 valence electrons. The van der Waals surface area contributed by atoms with Crippen molar-refractivity contribution >= 4 is 11.4 Å². The van der Waals surface area contributed by atoms with Gasteiger partial charge in [-0.2, -0.15) is 0 Å². The van der Waals surface area contributed by atoms with Crippen molar-refractivity contribution < 1.29 is 0 Å². The predicted octanol–water partition coefficient (Wildman–Crippen LogP) is 9.62. The van der Waals surface area contributed by atoms with Crippen LogP contribution in [0.1, 0.15) is 20.8 Å². The Kier molecular flexibility index (Phi) is 6.25. The van der Waals surface area contributed by atoms with Crippen molar-refractivity contribution in [1.29, 1.82) is 0 Å². The number of nitrogens with zero attached hydrogens (tertiary/aromatic N) is 1. The number of anilines is 2. The Labute approximate surface area is 209 Å². The lowest BCUT2D eigenvalue weighted by atomic mass is 9.96. The minimum atomic E-state index is -0.0976. The van der Waals surface area contributed by atoms with Gasteiger partial charge in [-0.1, -0.05) is 109 Å². The fourth-order valence-electron chi connectivity index (χ4n) is 4.73. The summed E-state index contributed by atoms with van der Waals surface area (Å²) in [6, 6.07) is 47.6. The fraction of sp³-hybridized carbons (Fsp3) is 0.118. The van der Waals surface area contributed by atoms with Crippen molar-refractivity contribution in [2.75, 3.05) is 4.90 Å². The van der Waals surface area contributed by atoms with Gasteiger partial charge in [-0.3, -0.25) is 0 Å². The van der Waals surface area contributed by atoms with Crippen LogP contribution in [0.25, 0.3) is 33.4 Å². The fourth-order valence-corrected chi connectivity index (χ4v) is 4.73. The van der Waals surface area contributed by atoms with Crippen molar-refractivity contribution in [3.63, 3.8) is 0 Å². The summed E-state index contributed by atoms with van der Waals surface area (Å²) in [6.07, 6.45) is 0. The summed E-state index contributed by atoms with van der Waals surface area (Å²) < 4.78 is 0. The first-order chi connectivity index (χ1) is 17.0. The maximum absolute atomic E-state index is 2.44. The van der Waals surface area contributed by atoms with Gasteiger partial charge in [-0.05, 0) is 72.9 Å². The Morgan fingerprint density at radius 1 is 0.429 bits per heavy atom. The standard InChI is InChI=1S/C34H31N/c1-34(2,3)35(33-20-11-10-19-32(33)28-15-8-5-9-16-28)31-23-21-27(22-24-31)30-18-12-17-29(25-30)26-13-6-4-7-14-26/h4-25H,1-3H3. The smallest absolute Gasteiger partial charge is 0.0495 e. The highest BCUT2D eigenvalue weighted by atomic mass is 15.2. The Morgan fingerprint density at radius 2 is 0.914 bits per heavy atom. The number of benzene rings is 5. The van der Waals surface area contributed by atoms with E-state index in [2.05, 4.69) is 159 Å². The van der Waals surface area contributed by atoms with Crippen LogP contribution in [0, 0.1) is 0 Å². The second kappa shape index (κ2) is 9.64. The molecule has 0 fully saturated rings. The molecule has 0 saturated heterocycles. The first-order valence-electron chi connectivity index (χ1n) is 12.2. The van der Waals surface area contributed by atoms with Crippen LogP contribution in [0.4, 0.5) is 11.4 Å². The SMILES string of the molecule is CC(C)(C)N(c1ccc(-c2cccc(-c3ccccc3)c2)cc1)c1ccccc1-c1ccccc1. The summed E-state index contributed by atoms with van der Waals surface area (Å²) in [7, 11) is 0. The van der Waals surface area contributed by atoms with Crippen LogP contribution < -0.4 is 4.90 Å². The van der Waals surface area contributed by atoms with E-state index in [9.17, 15) is 0 Å². The molecular weight excluding hydrogens is 422 g/mol. The van der Waals surface area contributed by atoms with Crippen molar-refractivity contribution in [3.8, 4) is 33.4 Å². The van der Waals surface area contributed by atoms with Crippen molar-refractivity contribution in [2.24, 2.45) is 0 Å². The van der Waals surface area contributed by atoms with E-state index in [1.165, 1.54) is 44.8 Å². The predicted molar refractivity (Wildman–Crippen MR) is 151 cm³/mol. The van der Waals surface area contributed by atoms with Crippen LogP contribution in [0.2, 0.25) is 0 Å². The highest BCUT2D eigenvalue weighted by Gasteiger charge is 2.25. The zero-order valence-electron chi connectivity index (χ0n) is 20.6. The molecule has 0 aromatic heterocycles. The highest BCUT2D eigenvalue weighted by molar-refractivity contribution is 5.84. The van der Waals surface area contributed by atoms with Gasteiger partial charge in [0, 0.05) is 22.5 Å². The lowest BCUT2D eigenvalue weighted by Gasteiger charge is -2.39. The maximum Gasteiger partial charge on any atom is 0.0495 e. The van der Waals surface area contributed by atoms with Gasteiger partial charge >= 0.3 is 0 Å². The molecule has 1 nitrogen and oxygen atoms in total. The Morgan fingerprint density at radius 3 is 1.51 bits per heavy atom. The average Bonchev–Trinajstić information content (AvgIpc) is 2.90. The number of hydrogen-bond acceptors (Lipinski definition) is 1. The molecule has 0 saturated carbocycles. The normalized spacial score (nSPS) is 11.3. The Balaban J connectivity index is 1.53. The summed E-state index contributed by atoms with van der Waals surface area (Å²) >= 11 is 0. The molecule has 0 aliphatic rings. The van der Waals surface area contributed by atoms with Crippen molar-refractivity contribution in [2.45, 2.75) is 26.3 Å². The molecule has 0 N–H and O–H groups in total. The lowest BCUT2D eigenvalue weighted by Crippen LogP contribution is -2.37. The second-order valence-electron chi connectivity index (χ2n) is 9.88. The van der Waals surface area contributed by atoms with Gasteiger partial charge in [0.05, 0.1) is 0 Å². The zero-order chi connectivity index (χ0) is 24.3. The molecule has 5 aromatic carbocycles. The molecule has 0 atom stereocenters. The highest BCUT2D eigenvalue weighted by Crippen LogP contribution is 2.40. The van der Waals surface area contributed by atoms with E-state index in [0.717, 1.165) is 0 Å². The molecule has 0 unspecified atom stereocenters. The van der Waals surface area contributed by atoms with Gasteiger partial charge in [-0.25, -0.2) is 0 Å². The lowest BCUT2D eigenvalue weighted by molar-refractivity contribution is 0.561. The van der Waals surface area contributed by atoms with E-state index >= 15 is 0 Å². The summed E-state index contributed by atoms with van der Waals surface area (Å²) in [5.41, 5.74) is 9.69. The molecular formula is C34H31N. The van der Waals surface area contributed by atoms with E-state index in [0.29, 0.717) is 0 Å². The molecule has 0 bridgehead atoms. The molecule has 0 radical (unpaired) electrons. The van der Waals surface area contributed by atoms with Crippen LogP contribution in [-0.4, -0.2) is 5.54 Å². The first kappa shape index (κ1) is 22.7. The Bertz CT molecular complexity index is 1390. The average molecular weight is 454 g/mol. The third-order valence-electron chi connectivity index (χ3n) is 6.33. The van der Waals surface area contributed by atoms with Gasteiger partial charge in [0.15, 0.2) is 0 Å². The zero-order valence-corrected chi connectivity index (χ0v) is 20.6. The van der Waals surface area contributed by atoms with Crippen LogP contribution in [0.15, 0.2) is 133 Å². The maximum atomic E-state index is 2.44. The molecule has 0 aliphatic carbocycles. The van der Waals surface area contributed by atoms with Crippen LogP contribution >= 0.6 is 0 Å². The molecule has 0 amide bonds. The van der Waals surface area contributed by atoms with Crippen LogP contribution in [0.3, 0.4) is 0 Å². The van der Waals surface area contributed by atoms with E-state index < -0.39 is 0 Å². The topological polar surface area (TPSA) is 3.24 Å². The van der Waals surface area contributed by atoms with Gasteiger partial charge in [0.2, 0.25) is 0 Å². The van der Waals surface area contributed by atoms with Crippen molar-refractivity contribution in [1.82, 2.24) is 0 Å². The van der Waals surface area contributed by atoms with Crippen LogP contribution in [-0.2, 0) is 0 Å². The monoisotopic (exact) mass is 453 g/mol. The molecule has 0 spiro atoms.